The summed E-state index contributed by atoms with van der Waals surface area (Å²) in [6.07, 6.45) is 1.76. The topological polar surface area (TPSA) is 73.2 Å². The number of benzene rings is 2. The number of thioether (sulfide) groups is 1. The first-order valence-corrected chi connectivity index (χ1v) is 9.81. The Hall–Kier alpha value is -2.77. The lowest BCUT2D eigenvalue weighted by Gasteiger charge is -2.13. The predicted molar refractivity (Wildman–Crippen MR) is 110 cm³/mol. The molecule has 1 amide bonds. The Bertz CT molecular complexity index is 976. The maximum absolute atomic E-state index is 12.0. The highest BCUT2D eigenvalue weighted by Crippen LogP contribution is 2.32. The van der Waals surface area contributed by atoms with Crippen LogP contribution in [0, 0.1) is 0 Å². The van der Waals surface area contributed by atoms with Gasteiger partial charge in [0.1, 0.15) is 6.54 Å². The Kier molecular flexibility index (Phi) is 6.73. The van der Waals surface area contributed by atoms with Gasteiger partial charge in [0.05, 0.1) is 35.5 Å². The Morgan fingerprint density at radius 3 is 2.57 bits per heavy atom. The molecule has 6 nitrogen and oxygen atoms in total. The van der Waals surface area contributed by atoms with Gasteiger partial charge >= 0.3 is 5.97 Å². The summed E-state index contributed by atoms with van der Waals surface area (Å²) in [6.45, 7) is -0.163. The van der Waals surface area contributed by atoms with E-state index < -0.39 is 5.97 Å². The molecule has 0 unspecified atom stereocenters. The fourth-order valence-electron chi connectivity index (χ4n) is 2.54. The SMILES string of the molecule is COC(=O)CNC(=O)CSc1ncc(-c2ccccc2)n1-c1ccccc1Cl. The number of nitrogens with zero attached hydrogens (tertiary/aromatic N) is 2. The van der Waals surface area contributed by atoms with Crippen molar-refractivity contribution in [1.29, 1.82) is 0 Å². The van der Waals surface area contributed by atoms with E-state index in [9.17, 15) is 9.59 Å². The molecule has 8 heteroatoms. The molecule has 3 aromatic rings. The van der Waals surface area contributed by atoms with Gasteiger partial charge in [-0.15, -0.1) is 0 Å². The number of carbonyl (C=O) groups excluding carboxylic acids is 2. The van der Waals surface area contributed by atoms with Crippen LogP contribution in [0.4, 0.5) is 0 Å². The van der Waals surface area contributed by atoms with E-state index in [4.69, 9.17) is 11.6 Å². The molecule has 3 rings (SSSR count). The molecule has 144 valence electrons. The number of amides is 1. The first kappa shape index (κ1) is 20.0. The van der Waals surface area contributed by atoms with Gasteiger partial charge in [-0.25, -0.2) is 4.98 Å². The van der Waals surface area contributed by atoms with Crippen LogP contribution in [0.15, 0.2) is 66.0 Å². The van der Waals surface area contributed by atoms with Crippen molar-refractivity contribution in [2.24, 2.45) is 0 Å². The highest BCUT2D eigenvalue weighted by atomic mass is 35.5. The summed E-state index contributed by atoms with van der Waals surface area (Å²) in [4.78, 5) is 27.7. The maximum Gasteiger partial charge on any atom is 0.325 e. The van der Waals surface area contributed by atoms with E-state index in [2.05, 4.69) is 15.0 Å². The van der Waals surface area contributed by atoms with Crippen molar-refractivity contribution in [1.82, 2.24) is 14.9 Å². The second kappa shape index (κ2) is 9.43. The average molecular weight is 416 g/mol. The largest absolute Gasteiger partial charge is 0.468 e. The first-order chi connectivity index (χ1) is 13.6. The van der Waals surface area contributed by atoms with Crippen molar-refractivity contribution in [3.05, 3.63) is 65.8 Å². The molecule has 0 spiro atoms. The van der Waals surface area contributed by atoms with Crippen LogP contribution < -0.4 is 5.32 Å². The molecule has 0 saturated heterocycles. The lowest BCUT2D eigenvalue weighted by atomic mass is 10.1. The van der Waals surface area contributed by atoms with Crippen molar-refractivity contribution in [3.8, 4) is 16.9 Å². The Labute approximate surface area is 171 Å². The molecular formula is C20H18ClN3O3S. The molecule has 0 radical (unpaired) electrons. The fourth-order valence-corrected chi connectivity index (χ4v) is 3.57. The van der Waals surface area contributed by atoms with Crippen LogP contribution in [0.5, 0.6) is 0 Å². The summed E-state index contributed by atoms with van der Waals surface area (Å²) in [5.74, 6) is -0.681. The maximum atomic E-state index is 12.0. The zero-order valence-corrected chi connectivity index (χ0v) is 16.7. The van der Waals surface area contributed by atoms with E-state index in [-0.39, 0.29) is 18.2 Å². The van der Waals surface area contributed by atoms with Crippen LogP contribution in [0.1, 0.15) is 0 Å². The molecule has 0 aliphatic carbocycles. The van der Waals surface area contributed by atoms with Crippen LogP contribution >= 0.6 is 23.4 Å². The third-order valence-electron chi connectivity index (χ3n) is 3.88. The number of aromatic nitrogens is 2. The molecule has 0 aliphatic heterocycles. The number of nitrogens with one attached hydrogen (secondary N) is 1. The van der Waals surface area contributed by atoms with Crippen molar-refractivity contribution < 1.29 is 14.3 Å². The summed E-state index contributed by atoms with van der Waals surface area (Å²) >= 11 is 7.68. The van der Waals surface area contributed by atoms with Gasteiger partial charge in [0.25, 0.3) is 0 Å². The van der Waals surface area contributed by atoms with Gasteiger partial charge in [-0.2, -0.15) is 0 Å². The van der Waals surface area contributed by atoms with Gasteiger partial charge in [-0.3, -0.25) is 14.2 Å². The van der Waals surface area contributed by atoms with Crippen LogP contribution in [0.2, 0.25) is 5.02 Å². The lowest BCUT2D eigenvalue weighted by Crippen LogP contribution is -2.31. The molecule has 0 saturated carbocycles. The van der Waals surface area contributed by atoms with Crippen LogP contribution in [-0.2, 0) is 14.3 Å². The number of hydrogen-bond acceptors (Lipinski definition) is 5. The zero-order chi connectivity index (χ0) is 19.9. The van der Waals surface area contributed by atoms with Crippen molar-refractivity contribution in [2.75, 3.05) is 19.4 Å². The summed E-state index contributed by atoms with van der Waals surface area (Å²) < 4.78 is 6.44. The first-order valence-electron chi connectivity index (χ1n) is 8.44. The minimum Gasteiger partial charge on any atom is -0.468 e. The average Bonchev–Trinajstić information content (AvgIpc) is 3.15. The van der Waals surface area contributed by atoms with Gasteiger partial charge < -0.3 is 10.1 Å². The Morgan fingerprint density at radius 1 is 1.14 bits per heavy atom. The van der Waals surface area contributed by atoms with E-state index >= 15 is 0 Å². The number of ether oxygens (including phenoxy) is 1. The molecule has 0 bridgehead atoms. The van der Waals surface area contributed by atoms with E-state index in [1.54, 1.807) is 6.20 Å². The Morgan fingerprint density at radius 2 is 1.86 bits per heavy atom. The van der Waals surface area contributed by atoms with Crippen molar-refractivity contribution in [3.63, 3.8) is 0 Å². The van der Waals surface area contributed by atoms with Crippen molar-refractivity contribution in [2.45, 2.75) is 5.16 Å². The van der Waals surface area contributed by atoms with E-state index in [1.165, 1.54) is 18.9 Å². The molecule has 1 N–H and O–H groups in total. The van der Waals surface area contributed by atoms with Crippen LogP contribution in [-0.4, -0.2) is 40.8 Å². The van der Waals surface area contributed by atoms with Crippen molar-refractivity contribution >= 4 is 35.2 Å². The summed E-state index contributed by atoms with van der Waals surface area (Å²) in [7, 11) is 1.27. The van der Waals surface area contributed by atoms with Crippen LogP contribution in [0.3, 0.4) is 0 Å². The Balaban J connectivity index is 1.88. The molecule has 28 heavy (non-hydrogen) atoms. The second-order valence-electron chi connectivity index (χ2n) is 5.72. The standard InChI is InChI=1S/C20H18ClN3O3S/c1-27-19(26)12-22-18(25)13-28-20-23-11-17(14-7-3-2-4-8-14)24(20)16-10-6-5-9-15(16)21/h2-11H,12-13H2,1H3,(H,22,25). The van der Waals surface area contributed by atoms with Crippen LogP contribution in [0.25, 0.3) is 16.9 Å². The number of hydrogen-bond donors (Lipinski definition) is 1. The number of halogens is 1. The van der Waals surface area contributed by atoms with E-state index in [0.717, 1.165) is 16.9 Å². The highest BCUT2D eigenvalue weighted by Gasteiger charge is 2.17. The molecule has 1 heterocycles. The van der Waals surface area contributed by atoms with Gasteiger partial charge in [-0.05, 0) is 12.1 Å². The van der Waals surface area contributed by atoms with E-state index in [1.807, 2.05) is 59.2 Å². The third kappa shape index (κ3) is 4.74. The third-order valence-corrected chi connectivity index (χ3v) is 5.15. The molecule has 0 atom stereocenters. The van der Waals surface area contributed by atoms with Gasteiger partial charge in [0.15, 0.2) is 5.16 Å². The number of methoxy groups -OCH3 is 1. The van der Waals surface area contributed by atoms with E-state index in [0.29, 0.717) is 10.2 Å². The zero-order valence-electron chi connectivity index (χ0n) is 15.1. The van der Waals surface area contributed by atoms with Gasteiger partial charge in [0.2, 0.25) is 5.91 Å². The fraction of sp³-hybridized carbons (Fsp3) is 0.150. The number of imidazole rings is 1. The summed E-state index contributed by atoms with van der Waals surface area (Å²) in [5, 5.41) is 3.72. The number of carbonyl (C=O) groups is 2. The smallest absolute Gasteiger partial charge is 0.325 e. The minimum absolute atomic E-state index is 0.104. The number of esters is 1. The molecule has 2 aromatic carbocycles. The molecular weight excluding hydrogens is 398 g/mol. The molecule has 0 aliphatic rings. The minimum atomic E-state index is -0.498. The second-order valence-corrected chi connectivity index (χ2v) is 7.07. The van der Waals surface area contributed by atoms with Gasteiger partial charge in [0, 0.05) is 5.56 Å². The summed E-state index contributed by atoms with van der Waals surface area (Å²) in [5.41, 5.74) is 2.63. The molecule has 0 fully saturated rings. The summed E-state index contributed by atoms with van der Waals surface area (Å²) in [6, 6.07) is 17.3. The quantitative estimate of drug-likeness (QED) is 0.471. The normalized spacial score (nSPS) is 10.5. The molecule has 1 aromatic heterocycles. The number of rotatable bonds is 7. The highest BCUT2D eigenvalue weighted by molar-refractivity contribution is 7.99. The number of para-hydroxylation sites is 1. The monoisotopic (exact) mass is 415 g/mol. The van der Waals surface area contributed by atoms with Gasteiger partial charge in [-0.1, -0.05) is 65.8 Å². The lowest BCUT2D eigenvalue weighted by molar-refractivity contribution is -0.140. The predicted octanol–water partition coefficient (Wildman–Crippen LogP) is 3.57.